The van der Waals surface area contributed by atoms with Gasteiger partial charge in [-0.15, -0.1) is 0 Å². The van der Waals surface area contributed by atoms with E-state index in [-0.39, 0.29) is 18.3 Å². The molecule has 3 rings (SSSR count). The fourth-order valence-electron chi connectivity index (χ4n) is 2.78. The maximum absolute atomic E-state index is 12.4. The first-order valence-electron chi connectivity index (χ1n) is 10.2. The van der Waals surface area contributed by atoms with E-state index in [0.29, 0.717) is 29.2 Å². The second kappa shape index (κ2) is 11.8. The number of rotatable bonds is 9. The molecule has 0 fully saturated rings. The molecule has 0 aliphatic carbocycles. The lowest BCUT2D eigenvalue weighted by atomic mass is 10.2. The van der Waals surface area contributed by atoms with Gasteiger partial charge >= 0.3 is 5.97 Å². The number of carbonyl (C=O) groups excluding carboxylic acids is 2. The Morgan fingerprint density at radius 1 is 0.970 bits per heavy atom. The molecule has 0 atom stereocenters. The molecule has 0 aliphatic heterocycles. The molecule has 3 aromatic carbocycles. The van der Waals surface area contributed by atoms with Crippen molar-refractivity contribution in [2.75, 3.05) is 13.2 Å². The molecule has 0 spiro atoms. The summed E-state index contributed by atoms with van der Waals surface area (Å²) in [4.78, 5) is 24.4. The molecule has 0 radical (unpaired) electrons. The zero-order valence-corrected chi connectivity index (χ0v) is 19.8. The van der Waals surface area contributed by atoms with Gasteiger partial charge < -0.3 is 14.2 Å². The van der Waals surface area contributed by atoms with Crippen LogP contribution < -0.4 is 19.6 Å². The molecule has 0 heterocycles. The lowest BCUT2D eigenvalue weighted by Crippen LogP contribution is -2.24. The van der Waals surface area contributed by atoms with Crippen LogP contribution >= 0.6 is 15.9 Å². The number of carbonyl (C=O) groups is 2. The largest absolute Gasteiger partial charge is 0.490 e. The van der Waals surface area contributed by atoms with Crippen LogP contribution in [0.2, 0.25) is 0 Å². The zero-order valence-electron chi connectivity index (χ0n) is 18.2. The van der Waals surface area contributed by atoms with Gasteiger partial charge in [-0.25, -0.2) is 10.2 Å². The second-order valence-corrected chi connectivity index (χ2v) is 7.80. The van der Waals surface area contributed by atoms with E-state index in [9.17, 15) is 9.59 Å². The summed E-state index contributed by atoms with van der Waals surface area (Å²) in [5, 5.41) is 3.95. The third kappa shape index (κ3) is 7.18. The van der Waals surface area contributed by atoms with Gasteiger partial charge in [-0.2, -0.15) is 5.10 Å². The number of nitrogens with zero attached hydrogens (tertiary/aromatic N) is 1. The molecule has 8 heteroatoms. The highest BCUT2D eigenvalue weighted by Crippen LogP contribution is 2.29. The van der Waals surface area contributed by atoms with Crippen LogP contribution in [0.5, 0.6) is 17.2 Å². The number of benzene rings is 3. The predicted molar refractivity (Wildman–Crippen MR) is 129 cm³/mol. The van der Waals surface area contributed by atoms with E-state index in [1.54, 1.807) is 48.5 Å². The fourth-order valence-corrected chi connectivity index (χ4v) is 3.04. The minimum atomic E-state index is -0.495. The number of amides is 1. The Morgan fingerprint density at radius 3 is 2.45 bits per heavy atom. The topological polar surface area (TPSA) is 86.2 Å². The van der Waals surface area contributed by atoms with Crippen molar-refractivity contribution in [2.24, 2.45) is 5.10 Å². The Kier molecular flexibility index (Phi) is 8.60. The molecule has 33 heavy (non-hydrogen) atoms. The van der Waals surface area contributed by atoms with E-state index in [4.69, 9.17) is 14.2 Å². The monoisotopic (exact) mass is 510 g/mol. The first-order valence-corrected chi connectivity index (χ1v) is 11.0. The molecule has 1 N–H and O–H groups in total. The molecule has 0 saturated heterocycles. The molecule has 7 nitrogen and oxygen atoms in total. The number of esters is 1. The maximum atomic E-state index is 12.4. The Hall–Kier alpha value is -3.65. The van der Waals surface area contributed by atoms with Gasteiger partial charge in [-0.05, 0) is 73.5 Å². The van der Waals surface area contributed by atoms with Crippen molar-refractivity contribution in [3.8, 4) is 17.2 Å². The van der Waals surface area contributed by atoms with Crippen molar-refractivity contribution >= 4 is 34.0 Å². The van der Waals surface area contributed by atoms with Gasteiger partial charge in [0.05, 0.1) is 18.4 Å². The summed E-state index contributed by atoms with van der Waals surface area (Å²) in [7, 11) is 0. The van der Waals surface area contributed by atoms with E-state index < -0.39 is 5.97 Å². The van der Waals surface area contributed by atoms with E-state index in [2.05, 4.69) is 26.5 Å². The Bertz CT molecular complexity index is 1150. The first kappa shape index (κ1) is 24.0. The molecular weight excluding hydrogens is 488 g/mol. The summed E-state index contributed by atoms with van der Waals surface area (Å²) in [6.45, 7) is 3.96. The second-order valence-electron chi connectivity index (χ2n) is 6.88. The van der Waals surface area contributed by atoms with Gasteiger partial charge in [0.2, 0.25) is 0 Å². The number of para-hydroxylation sites is 1. The number of aryl methyl sites for hydroxylation is 1. The van der Waals surface area contributed by atoms with Crippen LogP contribution in [0, 0.1) is 6.92 Å². The Morgan fingerprint density at radius 2 is 1.73 bits per heavy atom. The predicted octanol–water partition coefficient (Wildman–Crippen LogP) is 4.90. The standard InChI is InChI=1S/C25H23BrN2O5/c1-3-31-23-14-18(8-13-22(23)33-25(30)19-9-11-20(26)12-10-19)15-27-28-24(29)16-32-21-7-5-4-6-17(21)2/h4-15H,3,16H2,1-2H3,(H,28,29)/b27-15+. The van der Waals surface area contributed by atoms with Crippen LogP contribution in [0.1, 0.15) is 28.4 Å². The minimum Gasteiger partial charge on any atom is -0.490 e. The van der Waals surface area contributed by atoms with Gasteiger partial charge in [0, 0.05) is 4.47 Å². The number of ether oxygens (including phenoxy) is 3. The van der Waals surface area contributed by atoms with Gasteiger partial charge in [0.1, 0.15) is 5.75 Å². The van der Waals surface area contributed by atoms with E-state index in [0.717, 1.165) is 10.0 Å². The number of halogens is 1. The van der Waals surface area contributed by atoms with Crippen molar-refractivity contribution in [3.63, 3.8) is 0 Å². The van der Waals surface area contributed by atoms with Gasteiger partial charge in [-0.1, -0.05) is 34.1 Å². The molecule has 170 valence electrons. The van der Waals surface area contributed by atoms with Gasteiger partial charge in [0.25, 0.3) is 5.91 Å². The van der Waals surface area contributed by atoms with Gasteiger partial charge in [-0.3, -0.25) is 4.79 Å². The van der Waals surface area contributed by atoms with Crippen molar-refractivity contribution < 1.29 is 23.8 Å². The molecule has 0 saturated carbocycles. The van der Waals surface area contributed by atoms with Crippen LogP contribution in [0.4, 0.5) is 0 Å². The highest BCUT2D eigenvalue weighted by Gasteiger charge is 2.13. The molecule has 0 aromatic heterocycles. The number of hydrogen-bond donors (Lipinski definition) is 1. The van der Waals surface area contributed by atoms with Crippen molar-refractivity contribution in [1.29, 1.82) is 0 Å². The summed E-state index contributed by atoms with van der Waals surface area (Å²) >= 11 is 3.34. The summed E-state index contributed by atoms with van der Waals surface area (Å²) in [6.07, 6.45) is 1.47. The van der Waals surface area contributed by atoms with Crippen LogP contribution in [-0.2, 0) is 4.79 Å². The summed E-state index contributed by atoms with van der Waals surface area (Å²) in [5.41, 5.74) is 4.44. The number of hydrazone groups is 1. The van der Waals surface area contributed by atoms with Crippen molar-refractivity contribution in [2.45, 2.75) is 13.8 Å². The Balaban J connectivity index is 1.60. The number of nitrogens with one attached hydrogen (secondary N) is 1. The summed E-state index contributed by atoms with van der Waals surface area (Å²) < 4.78 is 17.5. The highest BCUT2D eigenvalue weighted by atomic mass is 79.9. The van der Waals surface area contributed by atoms with Gasteiger partial charge in [0.15, 0.2) is 18.1 Å². The quantitative estimate of drug-likeness (QED) is 0.191. The summed E-state index contributed by atoms with van der Waals surface area (Å²) in [5.74, 6) is 0.440. The third-order valence-electron chi connectivity index (χ3n) is 4.41. The molecule has 3 aromatic rings. The van der Waals surface area contributed by atoms with Crippen LogP contribution in [0.15, 0.2) is 76.3 Å². The highest BCUT2D eigenvalue weighted by molar-refractivity contribution is 9.10. The van der Waals surface area contributed by atoms with Crippen LogP contribution in [0.3, 0.4) is 0 Å². The lowest BCUT2D eigenvalue weighted by Gasteiger charge is -2.11. The number of hydrogen-bond acceptors (Lipinski definition) is 6. The molecule has 0 bridgehead atoms. The first-order chi connectivity index (χ1) is 16.0. The molecule has 0 aliphatic rings. The Labute approximate surface area is 200 Å². The molecule has 1 amide bonds. The average molecular weight is 511 g/mol. The average Bonchev–Trinajstić information content (AvgIpc) is 2.80. The van der Waals surface area contributed by atoms with E-state index >= 15 is 0 Å². The fraction of sp³-hybridized carbons (Fsp3) is 0.160. The van der Waals surface area contributed by atoms with E-state index in [1.807, 2.05) is 32.0 Å². The smallest absolute Gasteiger partial charge is 0.343 e. The molecular formula is C25H23BrN2O5. The van der Waals surface area contributed by atoms with Crippen LogP contribution in [0.25, 0.3) is 0 Å². The van der Waals surface area contributed by atoms with Crippen LogP contribution in [-0.4, -0.2) is 31.3 Å². The van der Waals surface area contributed by atoms with Crippen molar-refractivity contribution in [3.05, 3.63) is 87.9 Å². The minimum absolute atomic E-state index is 0.155. The maximum Gasteiger partial charge on any atom is 0.343 e. The van der Waals surface area contributed by atoms with Crippen molar-refractivity contribution in [1.82, 2.24) is 5.43 Å². The molecule has 0 unspecified atom stereocenters. The summed E-state index contributed by atoms with van der Waals surface area (Å²) in [6, 6.07) is 19.3. The zero-order chi connectivity index (χ0) is 23.6. The lowest BCUT2D eigenvalue weighted by molar-refractivity contribution is -0.123. The third-order valence-corrected chi connectivity index (χ3v) is 4.93. The SMILES string of the molecule is CCOc1cc(/C=N/NC(=O)COc2ccccc2C)ccc1OC(=O)c1ccc(Br)cc1. The van der Waals surface area contributed by atoms with E-state index in [1.165, 1.54) is 6.21 Å². The normalized spacial score (nSPS) is 10.6.